The van der Waals surface area contributed by atoms with Crippen molar-refractivity contribution in [1.82, 2.24) is 0 Å². The van der Waals surface area contributed by atoms with Crippen molar-refractivity contribution in [3.63, 3.8) is 0 Å². The topological polar surface area (TPSA) is 0 Å². The van der Waals surface area contributed by atoms with Gasteiger partial charge >= 0.3 is 0 Å². The molecule has 0 aromatic carbocycles. The fourth-order valence-electron chi connectivity index (χ4n) is 1.56. The van der Waals surface area contributed by atoms with Gasteiger partial charge in [0.05, 0.1) is 0 Å². The average molecular weight is 204 g/mol. The molecule has 1 atom stereocenters. The standard InChI is InChI=1S/C12H26.H3P/c1-3-5-7-9-11-12-10-8-6-4-2;/h3-12H2,1-2H3;1H3. The van der Waals surface area contributed by atoms with E-state index in [-0.39, 0.29) is 9.90 Å². The van der Waals surface area contributed by atoms with Crippen molar-refractivity contribution in [3.8, 4) is 0 Å². The summed E-state index contributed by atoms with van der Waals surface area (Å²) in [5.41, 5.74) is 0. The second-order valence-electron chi connectivity index (χ2n) is 3.83. The van der Waals surface area contributed by atoms with Crippen LogP contribution in [0.1, 0.15) is 78.1 Å². The summed E-state index contributed by atoms with van der Waals surface area (Å²) in [5, 5.41) is 0. The summed E-state index contributed by atoms with van der Waals surface area (Å²) in [7, 11) is 0. The predicted octanol–water partition coefficient (Wildman–Crippen LogP) is 4.99. The molecule has 0 saturated heterocycles. The molecule has 0 aliphatic heterocycles. The zero-order valence-corrected chi connectivity index (χ0v) is 11.2. The summed E-state index contributed by atoms with van der Waals surface area (Å²) in [6.45, 7) is 4.56. The third kappa shape index (κ3) is 15.2. The van der Waals surface area contributed by atoms with E-state index in [9.17, 15) is 0 Å². The van der Waals surface area contributed by atoms with Gasteiger partial charge in [0.1, 0.15) is 0 Å². The molecule has 0 aliphatic carbocycles. The molecule has 0 amide bonds. The maximum Gasteiger partial charge on any atom is -0.0533 e. The number of hydrogen-bond acceptors (Lipinski definition) is 0. The molecule has 0 bridgehead atoms. The average Bonchev–Trinajstić information content (AvgIpc) is 2.10. The molecule has 0 N–H and O–H groups in total. The van der Waals surface area contributed by atoms with E-state index in [0.29, 0.717) is 0 Å². The van der Waals surface area contributed by atoms with Gasteiger partial charge < -0.3 is 0 Å². The van der Waals surface area contributed by atoms with Gasteiger partial charge in [-0.1, -0.05) is 78.1 Å². The smallest absolute Gasteiger partial charge is 0.0533 e. The number of hydrogen-bond donors (Lipinski definition) is 0. The lowest BCUT2D eigenvalue weighted by Gasteiger charge is -1.99. The Morgan fingerprint density at radius 1 is 0.462 bits per heavy atom. The molecule has 13 heavy (non-hydrogen) atoms. The summed E-state index contributed by atoms with van der Waals surface area (Å²) in [4.78, 5) is 0. The minimum absolute atomic E-state index is 0. The SMILES string of the molecule is CCCCCCCCCCCC.P. The first-order chi connectivity index (χ1) is 5.91. The van der Waals surface area contributed by atoms with E-state index in [1.165, 1.54) is 64.2 Å². The Kier molecular flexibility index (Phi) is 18.2. The molecule has 0 radical (unpaired) electrons. The quantitative estimate of drug-likeness (QED) is 0.367. The van der Waals surface area contributed by atoms with E-state index in [1.807, 2.05) is 0 Å². The van der Waals surface area contributed by atoms with Crippen LogP contribution in [-0.4, -0.2) is 0 Å². The van der Waals surface area contributed by atoms with Crippen LogP contribution in [0, 0.1) is 0 Å². The highest BCUT2D eigenvalue weighted by Gasteiger charge is 1.90. The van der Waals surface area contributed by atoms with Gasteiger partial charge in [-0.2, -0.15) is 9.90 Å². The van der Waals surface area contributed by atoms with Gasteiger partial charge in [-0.15, -0.1) is 0 Å². The van der Waals surface area contributed by atoms with Crippen LogP contribution >= 0.6 is 9.90 Å². The van der Waals surface area contributed by atoms with Gasteiger partial charge in [0.2, 0.25) is 0 Å². The van der Waals surface area contributed by atoms with Crippen molar-refractivity contribution in [2.45, 2.75) is 78.1 Å². The lowest BCUT2D eigenvalue weighted by molar-refractivity contribution is 0.562. The van der Waals surface area contributed by atoms with Gasteiger partial charge in [-0.25, -0.2) is 0 Å². The molecule has 0 heterocycles. The number of unbranched alkanes of at least 4 members (excludes halogenated alkanes) is 9. The normalized spacial score (nSPS) is 9.69. The van der Waals surface area contributed by atoms with E-state index in [4.69, 9.17) is 0 Å². The van der Waals surface area contributed by atoms with Gasteiger partial charge in [-0.05, 0) is 0 Å². The fourth-order valence-corrected chi connectivity index (χ4v) is 1.56. The third-order valence-electron chi connectivity index (χ3n) is 2.46. The van der Waals surface area contributed by atoms with E-state index in [1.54, 1.807) is 0 Å². The van der Waals surface area contributed by atoms with E-state index < -0.39 is 0 Å². The molecule has 0 aromatic rings. The summed E-state index contributed by atoms with van der Waals surface area (Å²) in [6, 6.07) is 0. The second kappa shape index (κ2) is 14.9. The summed E-state index contributed by atoms with van der Waals surface area (Å²) >= 11 is 0. The van der Waals surface area contributed by atoms with Crippen LogP contribution in [0.2, 0.25) is 0 Å². The van der Waals surface area contributed by atoms with E-state index in [0.717, 1.165) is 0 Å². The summed E-state index contributed by atoms with van der Waals surface area (Å²) in [5.74, 6) is 0. The van der Waals surface area contributed by atoms with Gasteiger partial charge in [-0.3, -0.25) is 0 Å². The van der Waals surface area contributed by atoms with Crippen LogP contribution in [0.15, 0.2) is 0 Å². The third-order valence-corrected chi connectivity index (χ3v) is 2.46. The molecule has 0 nitrogen and oxygen atoms in total. The molecule has 0 spiro atoms. The Balaban J connectivity index is 0. The van der Waals surface area contributed by atoms with Crippen molar-refractivity contribution in [2.75, 3.05) is 0 Å². The van der Waals surface area contributed by atoms with E-state index >= 15 is 0 Å². The zero-order chi connectivity index (χ0) is 9.07. The van der Waals surface area contributed by atoms with Gasteiger partial charge in [0.25, 0.3) is 0 Å². The molecule has 1 heteroatoms. The Bertz CT molecular complexity index is 61.5. The van der Waals surface area contributed by atoms with Crippen molar-refractivity contribution < 1.29 is 0 Å². The zero-order valence-electron chi connectivity index (χ0n) is 9.78. The van der Waals surface area contributed by atoms with Crippen molar-refractivity contribution in [1.29, 1.82) is 0 Å². The maximum absolute atomic E-state index is 2.28. The molecule has 0 fully saturated rings. The Hall–Kier alpha value is 0.430. The summed E-state index contributed by atoms with van der Waals surface area (Å²) in [6.07, 6.45) is 14.4. The predicted molar refractivity (Wildman–Crippen MR) is 68.6 cm³/mol. The molecule has 0 aromatic heterocycles. The lowest BCUT2D eigenvalue weighted by Crippen LogP contribution is -1.80. The minimum atomic E-state index is 0. The molecule has 1 unspecified atom stereocenters. The molecule has 0 rings (SSSR count). The second-order valence-corrected chi connectivity index (χ2v) is 3.83. The van der Waals surface area contributed by atoms with E-state index in [2.05, 4.69) is 13.8 Å². The number of rotatable bonds is 9. The first-order valence-electron chi connectivity index (χ1n) is 5.91. The highest BCUT2D eigenvalue weighted by Crippen LogP contribution is 2.09. The first-order valence-corrected chi connectivity index (χ1v) is 5.91. The first kappa shape index (κ1) is 15.9. The van der Waals surface area contributed by atoms with Crippen LogP contribution in [0.25, 0.3) is 0 Å². The van der Waals surface area contributed by atoms with Crippen molar-refractivity contribution in [3.05, 3.63) is 0 Å². The van der Waals surface area contributed by atoms with Crippen LogP contribution in [-0.2, 0) is 0 Å². The molecular weight excluding hydrogens is 175 g/mol. The maximum atomic E-state index is 2.28. The molecular formula is C12H29P. The Morgan fingerprint density at radius 2 is 0.692 bits per heavy atom. The van der Waals surface area contributed by atoms with Crippen LogP contribution in [0.3, 0.4) is 0 Å². The summed E-state index contributed by atoms with van der Waals surface area (Å²) < 4.78 is 0. The van der Waals surface area contributed by atoms with Crippen LogP contribution < -0.4 is 0 Å². The molecule has 0 saturated carbocycles. The highest BCUT2D eigenvalue weighted by molar-refractivity contribution is 6.92. The van der Waals surface area contributed by atoms with Crippen molar-refractivity contribution >= 4 is 9.90 Å². The Morgan fingerprint density at radius 3 is 0.923 bits per heavy atom. The minimum Gasteiger partial charge on any atom is -0.153 e. The molecule has 0 aliphatic rings. The Labute approximate surface area is 88.5 Å². The molecule has 82 valence electrons. The van der Waals surface area contributed by atoms with Crippen LogP contribution in [0.4, 0.5) is 0 Å². The fraction of sp³-hybridized carbons (Fsp3) is 1.00. The van der Waals surface area contributed by atoms with Gasteiger partial charge in [0, 0.05) is 0 Å². The lowest BCUT2D eigenvalue weighted by atomic mass is 10.1. The van der Waals surface area contributed by atoms with Crippen LogP contribution in [0.5, 0.6) is 0 Å². The van der Waals surface area contributed by atoms with Crippen molar-refractivity contribution in [2.24, 2.45) is 0 Å². The monoisotopic (exact) mass is 204 g/mol. The highest BCUT2D eigenvalue weighted by atomic mass is 31.0. The van der Waals surface area contributed by atoms with Gasteiger partial charge in [0.15, 0.2) is 0 Å². The largest absolute Gasteiger partial charge is 0.153 e.